The van der Waals surface area contributed by atoms with E-state index in [2.05, 4.69) is 5.32 Å². The maximum Gasteiger partial charge on any atom is 0.243 e. The SMILES string of the molecule is CCOc1ccccc1N(CCCC(=O)N(Cc1ccc(Cl)cc1Cl)[C@H](CC)C(=O)N[C@H](C)CC)S(C)(=O)=O. The minimum Gasteiger partial charge on any atom is -0.492 e. The zero-order chi connectivity index (χ0) is 29.2. The summed E-state index contributed by atoms with van der Waals surface area (Å²) in [6.07, 6.45) is 2.54. The molecule has 0 aliphatic carbocycles. The summed E-state index contributed by atoms with van der Waals surface area (Å²) in [6.45, 7) is 8.12. The van der Waals surface area contributed by atoms with E-state index in [1.807, 2.05) is 27.7 Å². The lowest BCUT2D eigenvalue weighted by Crippen LogP contribution is -2.50. The first-order valence-corrected chi connectivity index (χ1v) is 15.8. The van der Waals surface area contributed by atoms with Gasteiger partial charge in [0.2, 0.25) is 21.8 Å². The highest BCUT2D eigenvalue weighted by Gasteiger charge is 2.30. The Kier molecular flexibility index (Phi) is 12.9. The average molecular weight is 601 g/mol. The first-order valence-electron chi connectivity index (χ1n) is 13.2. The van der Waals surface area contributed by atoms with Gasteiger partial charge in [-0.1, -0.05) is 55.2 Å². The van der Waals surface area contributed by atoms with Crippen molar-refractivity contribution in [1.29, 1.82) is 0 Å². The van der Waals surface area contributed by atoms with Crippen molar-refractivity contribution >= 4 is 50.7 Å². The van der Waals surface area contributed by atoms with Crippen LogP contribution in [0.5, 0.6) is 5.75 Å². The van der Waals surface area contributed by atoms with Crippen molar-refractivity contribution in [1.82, 2.24) is 10.2 Å². The number of nitrogens with zero attached hydrogens (tertiary/aromatic N) is 2. The Labute approximate surface area is 242 Å². The van der Waals surface area contributed by atoms with E-state index in [0.29, 0.717) is 40.1 Å². The Morgan fingerprint density at radius 3 is 2.33 bits per heavy atom. The van der Waals surface area contributed by atoms with Gasteiger partial charge < -0.3 is 15.0 Å². The second-order valence-electron chi connectivity index (χ2n) is 9.34. The molecule has 39 heavy (non-hydrogen) atoms. The molecule has 0 radical (unpaired) electrons. The van der Waals surface area contributed by atoms with Crippen molar-refractivity contribution in [3.63, 3.8) is 0 Å². The number of hydrogen-bond donors (Lipinski definition) is 1. The molecule has 0 saturated carbocycles. The fraction of sp³-hybridized carbons (Fsp3) is 0.500. The van der Waals surface area contributed by atoms with Crippen molar-refractivity contribution in [2.24, 2.45) is 0 Å². The van der Waals surface area contributed by atoms with Gasteiger partial charge in [0.15, 0.2) is 0 Å². The van der Waals surface area contributed by atoms with Gasteiger partial charge in [-0.25, -0.2) is 8.42 Å². The second-order valence-corrected chi connectivity index (χ2v) is 12.1. The van der Waals surface area contributed by atoms with Crippen LogP contribution < -0.4 is 14.4 Å². The third-order valence-corrected chi connectivity index (χ3v) is 8.10. The second kappa shape index (κ2) is 15.3. The van der Waals surface area contributed by atoms with Crippen molar-refractivity contribution in [2.75, 3.05) is 23.7 Å². The third-order valence-electron chi connectivity index (χ3n) is 6.33. The molecule has 2 aromatic rings. The fourth-order valence-electron chi connectivity index (χ4n) is 4.12. The maximum absolute atomic E-state index is 13.6. The van der Waals surface area contributed by atoms with Crippen LogP contribution in [0.2, 0.25) is 10.0 Å². The zero-order valence-corrected chi connectivity index (χ0v) is 25.6. The van der Waals surface area contributed by atoms with E-state index in [1.165, 1.54) is 9.21 Å². The van der Waals surface area contributed by atoms with Gasteiger partial charge >= 0.3 is 0 Å². The topological polar surface area (TPSA) is 96.0 Å². The molecule has 0 spiro atoms. The van der Waals surface area contributed by atoms with E-state index in [-0.39, 0.29) is 43.8 Å². The number of rotatable bonds is 15. The molecule has 2 amide bonds. The highest BCUT2D eigenvalue weighted by atomic mass is 35.5. The normalized spacial score (nSPS) is 12.9. The smallest absolute Gasteiger partial charge is 0.243 e. The molecule has 0 aromatic heterocycles. The highest BCUT2D eigenvalue weighted by molar-refractivity contribution is 7.92. The fourth-order valence-corrected chi connectivity index (χ4v) is 5.55. The van der Waals surface area contributed by atoms with Crippen LogP contribution in [-0.2, 0) is 26.2 Å². The van der Waals surface area contributed by atoms with Gasteiger partial charge in [-0.15, -0.1) is 0 Å². The van der Waals surface area contributed by atoms with E-state index < -0.39 is 16.1 Å². The lowest BCUT2D eigenvalue weighted by atomic mass is 10.1. The molecule has 2 aromatic carbocycles. The van der Waals surface area contributed by atoms with Crippen LogP contribution in [-0.4, -0.2) is 56.6 Å². The summed E-state index contributed by atoms with van der Waals surface area (Å²) in [7, 11) is -3.65. The molecule has 0 aliphatic rings. The van der Waals surface area contributed by atoms with Crippen LogP contribution in [0.4, 0.5) is 5.69 Å². The molecule has 0 bridgehead atoms. The summed E-state index contributed by atoms with van der Waals surface area (Å²) in [5, 5.41) is 3.84. The number of ether oxygens (including phenoxy) is 1. The van der Waals surface area contributed by atoms with E-state index in [4.69, 9.17) is 27.9 Å². The molecule has 0 saturated heterocycles. The standard InChI is InChI=1S/C28H39Cl2N3O5S/c1-6-20(4)31-28(35)24(7-2)32(19-21-15-16-22(29)18-23(21)30)27(34)14-11-17-33(39(5,36)37)25-12-9-10-13-26(25)38-8-3/h9-10,12-13,15-16,18,20,24H,6-8,11,14,17,19H2,1-5H3,(H,31,35)/t20-,24-/m1/s1. The molecule has 0 unspecified atom stereocenters. The number of halogens is 2. The third kappa shape index (κ3) is 9.58. The van der Waals surface area contributed by atoms with Gasteiger partial charge in [0.25, 0.3) is 0 Å². The van der Waals surface area contributed by atoms with Crippen molar-refractivity contribution < 1.29 is 22.7 Å². The summed E-state index contributed by atoms with van der Waals surface area (Å²) < 4.78 is 32.2. The van der Waals surface area contributed by atoms with Crippen LogP contribution in [0.25, 0.3) is 0 Å². The summed E-state index contributed by atoms with van der Waals surface area (Å²) in [5.74, 6) is -0.0732. The number of carbonyl (C=O) groups is 2. The number of sulfonamides is 1. The molecule has 8 nitrogen and oxygen atoms in total. The maximum atomic E-state index is 13.6. The van der Waals surface area contributed by atoms with Crippen LogP contribution in [0.1, 0.15) is 58.9 Å². The summed E-state index contributed by atoms with van der Waals surface area (Å²) in [5.41, 5.74) is 1.08. The number of hydrogen-bond acceptors (Lipinski definition) is 5. The number of benzene rings is 2. The number of anilines is 1. The van der Waals surface area contributed by atoms with Crippen LogP contribution in [0.15, 0.2) is 42.5 Å². The molecular formula is C28H39Cl2N3O5S. The molecule has 216 valence electrons. The van der Waals surface area contributed by atoms with E-state index in [0.717, 1.165) is 12.7 Å². The van der Waals surface area contributed by atoms with Gasteiger partial charge in [-0.3, -0.25) is 13.9 Å². The molecule has 11 heteroatoms. The lowest BCUT2D eigenvalue weighted by Gasteiger charge is -2.32. The quantitative estimate of drug-likeness (QED) is 0.285. The summed E-state index contributed by atoms with van der Waals surface area (Å²) in [4.78, 5) is 28.3. The molecular weight excluding hydrogens is 561 g/mol. The van der Waals surface area contributed by atoms with Gasteiger partial charge in [-0.2, -0.15) is 0 Å². The molecule has 0 heterocycles. The van der Waals surface area contributed by atoms with E-state index in [9.17, 15) is 18.0 Å². The van der Waals surface area contributed by atoms with Crippen LogP contribution in [0, 0.1) is 0 Å². The Hall–Kier alpha value is -2.49. The monoisotopic (exact) mass is 599 g/mol. The largest absolute Gasteiger partial charge is 0.492 e. The van der Waals surface area contributed by atoms with Gasteiger partial charge in [-0.05, 0) is 62.9 Å². The molecule has 1 N–H and O–H groups in total. The average Bonchev–Trinajstić information content (AvgIpc) is 2.87. The molecule has 2 rings (SSSR count). The molecule has 2 atom stereocenters. The Morgan fingerprint density at radius 2 is 1.74 bits per heavy atom. The first kappa shape index (κ1) is 32.7. The Bertz CT molecular complexity index is 1230. The number of amides is 2. The Balaban J connectivity index is 2.30. The highest BCUT2D eigenvalue weighted by Crippen LogP contribution is 2.30. The van der Waals surface area contributed by atoms with Gasteiger partial charge in [0.05, 0.1) is 18.6 Å². The number of carbonyl (C=O) groups excluding carboxylic acids is 2. The molecule has 0 aliphatic heterocycles. The Morgan fingerprint density at radius 1 is 1.05 bits per heavy atom. The summed E-state index contributed by atoms with van der Waals surface area (Å²) >= 11 is 12.5. The summed E-state index contributed by atoms with van der Waals surface area (Å²) in [6, 6.07) is 11.1. The predicted molar refractivity (Wildman–Crippen MR) is 158 cm³/mol. The van der Waals surface area contributed by atoms with Crippen molar-refractivity contribution in [2.45, 2.75) is 72.0 Å². The number of nitrogens with one attached hydrogen (secondary N) is 1. The minimum absolute atomic E-state index is 0.0289. The van der Waals surface area contributed by atoms with Gasteiger partial charge in [0, 0.05) is 35.6 Å². The minimum atomic E-state index is -3.65. The van der Waals surface area contributed by atoms with E-state index in [1.54, 1.807) is 42.5 Å². The lowest BCUT2D eigenvalue weighted by molar-refractivity contribution is -0.141. The van der Waals surface area contributed by atoms with Gasteiger partial charge in [0.1, 0.15) is 11.8 Å². The van der Waals surface area contributed by atoms with E-state index >= 15 is 0 Å². The number of para-hydroxylation sites is 2. The first-order chi connectivity index (χ1) is 18.4. The van der Waals surface area contributed by atoms with Crippen molar-refractivity contribution in [3.05, 3.63) is 58.1 Å². The predicted octanol–water partition coefficient (Wildman–Crippen LogP) is 5.66. The van der Waals surface area contributed by atoms with Crippen LogP contribution >= 0.6 is 23.2 Å². The van der Waals surface area contributed by atoms with Crippen LogP contribution in [0.3, 0.4) is 0 Å². The van der Waals surface area contributed by atoms with Crippen molar-refractivity contribution in [3.8, 4) is 5.75 Å². The zero-order valence-electron chi connectivity index (χ0n) is 23.2. The molecule has 0 fully saturated rings.